The van der Waals surface area contributed by atoms with Crippen molar-refractivity contribution in [2.24, 2.45) is 0 Å². The van der Waals surface area contributed by atoms with Gasteiger partial charge in [-0.05, 0) is 19.1 Å². The van der Waals surface area contributed by atoms with Crippen LogP contribution in [0.4, 0.5) is 0 Å². The molecule has 0 unspecified atom stereocenters. The van der Waals surface area contributed by atoms with Gasteiger partial charge < -0.3 is 9.84 Å². The van der Waals surface area contributed by atoms with E-state index in [0.29, 0.717) is 0 Å². The highest BCUT2D eigenvalue weighted by Gasteiger charge is 2.14. The quantitative estimate of drug-likeness (QED) is 0.471. The molecule has 5 nitrogen and oxygen atoms in total. The van der Waals surface area contributed by atoms with Crippen LogP contribution >= 0.6 is 0 Å². The molecule has 1 N–H and O–H groups in total. The maximum Gasteiger partial charge on any atom is 0.339 e. The summed E-state index contributed by atoms with van der Waals surface area (Å²) in [4.78, 5) is 32.6. The van der Waals surface area contributed by atoms with Gasteiger partial charge in [-0.2, -0.15) is 0 Å². The van der Waals surface area contributed by atoms with Gasteiger partial charge in [-0.3, -0.25) is 9.59 Å². The largest absolute Gasteiger partial charge is 0.478 e. The molecule has 0 saturated heterocycles. The number of para-hydroxylation sites is 1. The van der Waals surface area contributed by atoms with E-state index in [1.54, 1.807) is 6.07 Å². The summed E-state index contributed by atoms with van der Waals surface area (Å²) >= 11 is 0. The summed E-state index contributed by atoms with van der Waals surface area (Å²) in [6, 6.07) is 5.74. The summed E-state index contributed by atoms with van der Waals surface area (Å²) in [6.45, 7) is 1.25. The maximum absolute atomic E-state index is 11.2. The van der Waals surface area contributed by atoms with Crippen LogP contribution < -0.4 is 4.74 Å². The van der Waals surface area contributed by atoms with Crippen LogP contribution in [0.2, 0.25) is 0 Å². The monoisotopic (exact) mass is 222 g/mol. The molecule has 1 aromatic carbocycles. The van der Waals surface area contributed by atoms with Gasteiger partial charge in [0.25, 0.3) is 0 Å². The molecule has 84 valence electrons. The third kappa shape index (κ3) is 3.20. The summed E-state index contributed by atoms with van der Waals surface area (Å²) in [5.41, 5.74) is -0.112. The van der Waals surface area contributed by atoms with Crippen LogP contribution in [0.3, 0.4) is 0 Å². The Hall–Kier alpha value is -2.17. The third-order valence-corrected chi connectivity index (χ3v) is 1.73. The molecule has 0 heterocycles. The molecule has 1 rings (SSSR count). The van der Waals surface area contributed by atoms with Gasteiger partial charge in [0.2, 0.25) is 0 Å². The summed E-state index contributed by atoms with van der Waals surface area (Å²) < 4.78 is 4.78. The van der Waals surface area contributed by atoms with E-state index in [0.717, 1.165) is 0 Å². The lowest BCUT2D eigenvalue weighted by atomic mass is 10.2. The predicted octanol–water partition coefficient (Wildman–Crippen LogP) is 1.27. The van der Waals surface area contributed by atoms with Crippen LogP contribution in [0.15, 0.2) is 24.3 Å². The van der Waals surface area contributed by atoms with Crippen LogP contribution in [0.1, 0.15) is 23.7 Å². The minimum atomic E-state index is -1.19. The number of esters is 1. The number of hydrogen-bond donors (Lipinski definition) is 1. The Kier molecular flexibility index (Phi) is 3.77. The third-order valence-electron chi connectivity index (χ3n) is 1.73. The highest BCUT2D eigenvalue weighted by Crippen LogP contribution is 2.18. The van der Waals surface area contributed by atoms with E-state index in [9.17, 15) is 14.4 Å². The Morgan fingerprint density at radius 1 is 1.25 bits per heavy atom. The molecule has 0 saturated carbocycles. The first-order valence-corrected chi connectivity index (χ1v) is 4.53. The molecule has 0 atom stereocenters. The minimum Gasteiger partial charge on any atom is -0.478 e. The van der Waals surface area contributed by atoms with Gasteiger partial charge in [0, 0.05) is 0 Å². The second kappa shape index (κ2) is 5.06. The van der Waals surface area contributed by atoms with Crippen LogP contribution in [0, 0.1) is 0 Å². The fourth-order valence-corrected chi connectivity index (χ4v) is 1.09. The minimum absolute atomic E-state index is 0.0544. The molecule has 0 aliphatic carbocycles. The normalized spacial score (nSPS) is 9.56. The number of rotatable bonds is 4. The van der Waals surface area contributed by atoms with Gasteiger partial charge in [0.1, 0.15) is 23.5 Å². The lowest BCUT2D eigenvalue weighted by molar-refractivity contribution is -0.137. The molecule has 16 heavy (non-hydrogen) atoms. The molecule has 0 aromatic heterocycles. The number of ketones is 1. The summed E-state index contributed by atoms with van der Waals surface area (Å²) in [7, 11) is 0. The number of carboxylic acid groups (broad SMARTS) is 1. The molecule has 0 radical (unpaired) electrons. The van der Waals surface area contributed by atoms with Crippen molar-refractivity contribution in [3.63, 3.8) is 0 Å². The lowest BCUT2D eigenvalue weighted by Crippen LogP contribution is -2.13. The smallest absolute Gasteiger partial charge is 0.339 e. The molecule has 1 aromatic rings. The number of ether oxygens (including phenoxy) is 1. The molecule has 0 aliphatic heterocycles. The molecule has 0 bridgehead atoms. The van der Waals surface area contributed by atoms with Gasteiger partial charge in [-0.15, -0.1) is 0 Å². The lowest BCUT2D eigenvalue weighted by Gasteiger charge is -2.05. The SMILES string of the molecule is CC(=O)CC(=O)Oc1ccccc1C(=O)O. The van der Waals surface area contributed by atoms with E-state index in [1.165, 1.54) is 25.1 Å². The van der Waals surface area contributed by atoms with Crippen molar-refractivity contribution >= 4 is 17.7 Å². The number of carbonyl (C=O) groups excluding carboxylic acids is 2. The van der Waals surface area contributed by atoms with Crippen LogP contribution in [0.5, 0.6) is 5.75 Å². The van der Waals surface area contributed by atoms with Crippen molar-refractivity contribution in [2.45, 2.75) is 13.3 Å². The summed E-state index contributed by atoms with van der Waals surface area (Å²) in [5.74, 6) is -2.34. The molecule has 0 spiro atoms. The van der Waals surface area contributed by atoms with Crippen molar-refractivity contribution in [3.8, 4) is 5.75 Å². The first-order valence-electron chi connectivity index (χ1n) is 4.53. The molecular weight excluding hydrogens is 212 g/mol. The zero-order valence-corrected chi connectivity index (χ0v) is 8.60. The molecule has 0 fully saturated rings. The van der Waals surface area contributed by atoms with Crippen LogP contribution in [-0.4, -0.2) is 22.8 Å². The van der Waals surface area contributed by atoms with E-state index < -0.39 is 11.9 Å². The maximum atomic E-state index is 11.2. The Morgan fingerprint density at radius 2 is 1.88 bits per heavy atom. The van der Waals surface area contributed by atoms with Gasteiger partial charge in [0.05, 0.1) is 0 Å². The zero-order valence-electron chi connectivity index (χ0n) is 8.60. The Morgan fingerprint density at radius 3 is 2.44 bits per heavy atom. The number of aromatic carboxylic acids is 1. The van der Waals surface area contributed by atoms with Gasteiger partial charge >= 0.3 is 11.9 Å². The number of Topliss-reactive ketones (excluding diaryl/α,β-unsaturated/α-hetero) is 1. The zero-order chi connectivity index (χ0) is 12.1. The van der Waals surface area contributed by atoms with Crippen molar-refractivity contribution in [2.75, 3.05) is 0 Å². The highest BCUT2D eigenvalue weighted by atomic mass is 16.5. The molecule has 0 amide bonds. The topological polar surface area (TPSA) is 80.7 Å². The molecular formula is C11H10O5. The number of carboxylic acids is 1. The number of carbonyl (C=O) groups is 3. The van der Waals surface area contributed by atoms with Crippen LogP contribution in [0.25, 0.3) is 0 Å². The first-order chi connectivity index (χ1) is 7.50. The van der Waals surface area contributed by atoms with E-state index in [4.69, 9.17) is 9.84 Å². The predicted molar refractivity (Wildman–Crippen MR) is 54.3 cm³/mol. The van der Waals surface area contributed by atoms with Crippen molar-refractivity contribution in [1.82, 2.24) is 0 Å². The number of benzene rings is 1. The average Bonchev–Trinajstić information content (AvgIpc) is 2.16. The van der Waals surface area contributed by atoms with E-state index >= 15 is 0 Å². The standard InChI is InChI=1S/C11H10O5/c1-7(12)6-10(13)16-9-5-3-2-4-8(9)11(14)15/h2-5H,6H2,1H3,(H,14,15). The van der Waals surface area contributed by atoms with Crippen molar-refractivity contribution < 1.29 is 24.2 Å². The van der Waals surface area contributed by atoms with Gasteiger partial charge in [-0.25, -0.2) is 4.79 Å². The van der Waals surface area contributed by atoms with Gasteiger partial charge in [0.15, 0.2) is 0 Å². The molecule has 5 heteroatoms. The van der Waals surface area contributed by atoms with Crippen LogP contribution in [-0.2, 0) is 9.59 Å². The molecule has 0 aliphatic rings. The average molecular weight is 222 g/mol. The Labute approximate surface area is 91.6 Å². The summed E-state index contributed by atoms with van der Waals surface area (Å²) in [6.07, 6.45) is -0.367. The fourth-order valence-electron chi connectivity index (χ4n) is 1.09. The first kappa shape index (κ1) is 11.9. The van der Waals surface area contributed by atoms with E-state index in [-0.39, 0.29) is 23.5 Å². The van der Waals surface area contributed by atoms with Crippen molar-refractivity contribution in [1.29, 1.82) is 0 Å². The highest BCUT2D eigenvalue weighted by molar-refractivity contribution is 5.96. The fraction of sp³-hybridized carbons (Fsp3) is 0.182. The van der Waals surface area contributed by atoms with E-state index in [1.807, 2.05) is 0 Å². The van der Waals surface area contributed by atoms with Gasteiger partial charge in [-0.1, -0.05) is 12.1 Å². The number of hydrogen-bond acceptors (Lipinski definition) is 4. The summed E-state index contributed by atoms with van der Waals surface area (Å²) in [5, 5.41) is 8.80. The van der Waals surface area contributed by atoms with Crippen molar-refractivity contribution in [3.05, 3.63) is 29.8 Å². The second-order valence-electron chi connectivity index (χ2n) is 3.15. The Balaban J connectivity index is 2.84. The second-order valence-corrected chi connectivity index (χ2v) is 3.15. The van der Waals surface area contributed by atoms with E-state index in [2.05, 4.69) is 0 Å². The Bertz CT molecular complexity index is 436.